The Morgan fingerprint density at radius 1 is 0.857 bits per heavy atom. The largest absolute Gasteiger partial charge is 0.397 e. The molecule has 35 heavy (non-hydrogen) atoms. The average Bonchev–Trinajstić information content (AvgIpc) is 2.84. The van der Waals surface area contributed by atoms with Crippen molar-refractivity contribution in [1.82, 2.24) is 0 Å². The minimum atomic E-state index is -0.709. The second kappa shape index (κ2) is 11.1. The van der Waals surface area contributed by atoms with Gasteiger partial charge in [0.25, 0.3) is 0 Å². The van der Waals surface area contributed by atoms with Crippen molar-refractivity contribution in [3.63, 3.8) is 0 Å². The third kappa shape index (κ3) is 4.46. The molecule has 1 aliphatic carbocycles. The first kappa shape index (κ1) is 27.1. The minimum Gasteiger partial charge on any atom is -0.397 e. The normalized spacial score (nSPS) is 14.5. The highest BCUT2D eigenvalue weighted by molar-refractivity contribution is 6.33. The van der Waals surface area contributed by atoms with Gasteiger partial charge < -0.3 is 34.4 Å². The van der Waals surface area contributed by atoms with Crippen LogP contribution in [0.25, 0.3) is 0 Å². The van der Waals surface area contributed by atoms with Crippen LogP contribution in [0.15, 0.2) is 18.7 Å². The zero-order chi connectivity index (χ0) is 26.0. The Morgan fingerprint density at radius 3 is 1.94 bits per heavy atom. The standard InChI is InChI=1S/C25H32Cl2N6O2/c1-2-16(31)18-13(5-8-30)20-21(23(33)22(18)32)24(34)17-11(3-6-28)9-14(15(27)10-26)12(4-7-29)19(17)25(20)35/h2,9,15-16H,1,3-8,10,28-33H2. The zero-order valence-electron chi connectivity index (χ0n) is 19.5. The molecule has 0 saturated carbocycles. The zero-order valence-corrected chi connectivity index (χ0v) is 21.0. The molecule has 2 unspecified atom stereocenters. The van der Waals surface area contributed by atoms with Crippen molar-refractivity contribution in [3.05, 3.63) is 68.8 Å². The van der Waals surface area contributed by atoms with E-state index in [9.17, 15) is 9.59 Å². The van der Waals surface area contributed by atoms with E-state index in [1.54, 1.807) is 6.07 Å². The van der Waals surface area contributed by atoms with Gasteiger partial charge in [-0.05, 0) is 61.2 Å². The fraction of sp³-hybridized carbons (Fsp3) is 0.360. The van der Waals surface area contributed by atoms with E-state index in [4.69, 9.17) is 57.6 Å². The summed E-state index contributed by atoms with van der Waals surface area (Å²) in [6.07, 6.45) is 2.43. The molecule has 0 aliphatic heterocycles. The Morgan fingerprint density at radius 2 is 1.40 bits per heavy atom. The molecule has 0 heterocycles. The van der Waals surface area contributed by atoms with E-state index in [1.807, 2.05) is 0 Å². The first-order chi connectivity index (χ1) is 16.7. The number of alkyl halides is 2. The maximum atomic E-state index is 14.3. The number of nitrogens with two attached hydrogens (primary N) is 6. The smallest absolute Gasteiger partial charge is 0.196 e. The lowest BCUT2D eigenvalue weighted by molar-refractivity contribution is 0.0977. The number of halogens is 2. The molecule has 2 atom stereocenters. The summed E-state index contributed by atoms with van der Waals surface area (Å²) in [7, 11) is 0. The number of anilines is 2. The molecule has 0 fully saturated rings. The maximum Gasteiger partial charge on any atom is 0.196 e. The van der Waals surface area contributed by atoms with E-state index in [1.165, 1.54) is 6.08 Å². The van der Waals surface area contributed by atoms with Crippen molar-refractivity contribution >= 4 is 46.1 Å². The summed E-state index contributed by atoms with van der Waals surface area (Å²) in [4.78, 5) is 28.3. The van der Waals surface area contributed by atoms with E-state index in [0.717, 1.165) is 0 Å². The molecule has 0 aromatic heterocycles. The van der Waals surface area contributed by atoms with Gasteiger partial charge in [-0.3, -0.25) is 9.59 Å². The number of carbonyl (C=O) groups excluding carboxylic acids is 2. The van der Waals surface area contributed by atoms with Gasteiger partial charge in [-0.15, -0.1) is 29.8 Å². The third-order valence-electron chi connectivity index (χ3n) is 6.45. The molecule has 188 valence electrons. The Bertz CT molecular complexity index is 1200. The minimum absolute atomic E-state index is 0.0104. The number of carbonyl (C=O) groups is 2. The molecule has 8 nitrogen and oxygen atoms in total. The van der Waals surface area contributed by atoms with E-state index < -0.39 is 17.2 Å². The fourth-order valence-corrected chi connectivity index (χ4v) is 5.30. The lowest BCUT2D eigenvalue weighted by atomic mass is 9.73. The van der Waals surface area contributed by atoms with Crippen molar-refractivity contribution in [2.24, 2.45) is 22.9 Å². The van der Waals surface area contributed by atoms with Crippen molar-refractivity contribution in [1.29, 1.82) is 0 Å². The lowest BCUT2D eigenvalue weighted by Crippen LogP contribution is -2.31. The Kier molecular flexibility index (Phi) is 8.58. The highest BCUT2D eigenvalue weighted by Gasteiger charge is 2.40. The van der Waals surface area contributed by atoms with Crippen LogP contribution in [0.1, 0.15) is 71.1 Å². The summed E-state index contributed by atoms with van der Waals surface area (Å²) >= 11 is 12.6. The second-order valence-electron chi connectivity index (χ2n) is 8.48. The predicted molar refractivity (Wildman–Crippen MR) is 143 cm³/mol. The van der Waals surface area contributed by atoms with Gasteiger partial charge in [-0.2, -0.15) is 0 Å². The van der Waals surface area contributed by atoms with Crippen LogP contribution in [0.3, 0.4) is 0 Å². The molecule has 2 aromatic carbocycles. The average molecular weight is 519 g/mol. The van der Waals surface area contributed by atoms with Crippen LogP contribution in [-0.2, 0) is 19.3 Å². The molecule has 1 aliphatic rings. The molecule has 0 bridgehead atoms. The van der Waals surface area contributed by atoms with E-state index in [0.29, 0.717) is 40.7 Å². The Labute approximate surface area is 215 Å². The van der Waals surface area contributed by atoms with Crippen LogP contribution in [0, 0.1) is 0 Å². The first-order valence-electron chi connectivity index (χ1n) is 11.4. The maximum absolute atomic E-state index is 14.3. The van der Waals surface area contributed by atoms with E-state index in [-0.39, 0.29) is 71.3 Å². The number of ketones is 2. The predicted octanol–water partition coefficient (Wildman–Crippen LogP) is 1.83. The quantitative estimate of drug-likeness (QED) is 0.133. The van der Waals surface area contributed by atoms with Gasteiger partial charge in [0.15, 0.2) is 11.6 Å². The molecule has 2 aromatic rings. The Hall–Kier alpha value is -2.46. The summed E-state index contributed by atoms with van der Waals surface area (Å²) in [6, 6.07) is 1.09. The lowest BCUT2D eigenvalue weighted by Gasteiger charge is -2.30. The number of hydrogen-bond donors (Lipinski definition) is 6. The van der Waals surface area contributed by atoms with Crippen LogP contribution < -0.4 is 34.4 Å². The molecular weight excluding hydrogens is 487 g/mol. The molecule has 0 spiro atoms. The highest BCUT2D eigenvalue weighted by Crippen LogP contribution is 2.44. The molecule has 0 amide bonds. The van der Waals surface area contributed by atoms with Crippen LogP contribution in [-0.4, -0.2) is 37.1 Å². The van der Waals surface area contributed by atoms with Crippen LogP contribution in [0.4, 0.5) is 11.4 Å². The molecule has 10 heteroatoms. The van der Waals surface area contributed by atoms with Crippen molar-refractivity contribution in [2.75, 3.05) is 37.0 Å². The molecular formula is C25H32Cl2N6O2. The van der Waals surface area contributed by atoms with Gasteiger partial charge in [0.1, 0.15) is 0 Å². The van der Waals surface area contributed by atoms with Crippen LogP contribution in [0.5, 0.6) is 0 Å². The van der Waals surface area contributed by atoms with Gasteiger partial charge in [-0.1, -0.05) is 12.1 Å². The van der Waals surface area contributed by atoms with E-state index >= 15 is 0 Å². The highest BCUT2D eigenvalue weighted by atomic mass is 35.5. The van der Waals surface area contributed by atoms with Crippen LogP contribution in [0.2, 0.25) is 0 Å². The molecule has 12 N–H and O–H groups in total. The SMILES string of the molecule is C=CC(N)c1c(N)c(N)c2c(c1CCN)C(=O)c1c(CCN)c(C(Cl)CCl)cc(CCN)c1C2=O. The topological polar surface area (TPSA) is 190 Å². The number of nitrogen functional groups attached to an aromatic ring is 2. The number of benzene rings is 2. The van der Waals surface area contributed by atoms with Crippen molar-refractivity contribution in [2.45, 2.75) is 30.7 Å². The third-order valence-corrected chi connectivity index (χ3v) is 7.30. The molecule has 3 rings (SSSR count). The summed E-state index contributed by atoms with van der Waals surface area (Å²) in [5.41, 5.74) is 40.4. The van der Waals surface area contributed by atoms with Gasteiger partial charge in [0.05, 0.1) is 28.4 Å². The monoisotopic (exact) mass is 518 g/mol. The van der Waals surface area contributed by atoms with Gasteiger partial charge in [0, 0.05) is 28.1 Å². The van der Waals surface area contributed by atoms with Crippen molar-refractivity contribution in [3.8, 4) is 0 Å². The van der Waals surface area contributed by atoms with Crippen molar-refractivity contribution < 1.29 is 9.59 Å². The summed E-state index contributed by atoms with van der Waals surface area (Å²) < 4.78 is 0. The number of rotatable bonds is 10. The summed E-state index contributed by atoms with van der Waals surface area (Å²) in [6.45, 7) is 4.44. The summed E-state index contributed by atoms with van der Waals surface area (Å²) in [5.74, 6) is -0.663. The Balaban J connectivity index is 2.52. The van der Waals surface area contributed by atoms with E-state index in [2.05, 4.69) is 6.58 Å². The second-order valence-corrected chi connectivity index (χ2v) is 9.32. The van der Waals surface area contributed by atoms with Crippen LogP contribution >= 0.6 is 23.2 Å². The van der Waals surface area contributed by atoms with Gasteiger partial charge >= 0.3 is 0 Å². The van der Waals surface area contributed by atoms with Gasteiger partial charge in [-0.25, -0.2) is 0 Å². The molecule has 0 saturated heterocycles. The first-order valence-corrected chi connectivity index (χ1v) is 12.4. The fourth-order valence-electron chi connectivity index (χ4n) is 4.94. The number of hydrogen-bond acceptors (Lipinski definition) is 8. The number of fused-ring (bicyclic) bond motifs is 2. The van der Waals surface area contributed by atoms with Gasteiger partial charge in [0.2, 0.25) is 0 Å². The summed E-state index contributed by atoms with van der Waals surface area (Å²) in [5, 5.41) is -0.589. The molecule has 0 radical (unpaired) electrons.